The van der Waals surface area contributed by atoms with Crippen LogP contribution in [0.4, 0.5) is 4.39 Å². The molecule has 0 N–H and O–H groups in total. The van der Waals surface area contributed by atoms with Crippen molar-refractivity contribution in [3.63, 3.8) is 0 Å². The molecule has 3 nitrogen and oxygen atoms in total. The van der Waals surface area contributed by atoms with Crippen LogP contribution in [-0.4, -0.2) is 9.78 Å². The topological polar surface area (TPSA) is 34.9 Å². The first-order valence-electron chi connectivity index (χ1n) is 5.03. The van der Waals surface area contributed by atoms with Gasteiger partial charge in [-0.05, 0) is 24.1 Å². The van der Waals surface area contributed by atoms with E-state index in [4.69, 9.17) is 0 Å². The lowest BCUT2D eigenvalue weighted by Crippen LogP contribution is -2.22. The predicted molar refractivity (Wildman–Crippen MR) is 58.6 cm³/mol. The van der Waals surface area contributed by atoms with Crippen LogP contribution in [0.15, 0.2) is 47.4 Å². The number of halogens is 1. The average molecular weight is 218 g/mol. The highest BCUT2D eigenvalue weighted by Crippen LogP contribution is 2.07. The van der Waals surface area contributed by atoms with Crippen molar-refractivity contribution in [2.75, 3.05) is 0 Å². The molecule has 2 aromatic rings. The molecular formula is C12H11FN2O. The average Bonchev–Trinajstić information content (AvgIpc) is 2.30. The Bertz CT molecular complexity index is 536. The van der Waals surface area contributed by atoms with Gasteiger partial charge in [0.1, 0.15) is 5.82 Å². The van der Waals surface area contributed by atoms with E-state index < -0.39 is 0 Å². The van der Waals surface area contributed by atoms with Gasteiger partial charge in [0.15, 0.2) is 0 Å². The Balaban J connectivity index is 2.12. The summed E-state index contributed by atoms with van der Waals surface area (Å²) in [6, 6.07) is 9.57. The van der Waals surface area contributed by atoms with Crippen LogP contribution in [0.3, 0.4) is 0 Å². The molecule has 82 valence electrons. The van der Waals surface area contributed by atoms with Crippen molar-refractivity contribution in [3.05, 3.63) is 64.3 Å². The van der Waals surface area contributed by atoms with Gasteiger partial charge in [-0.1, -0.05) is 18.2 Å². The van der Waals surface area contributed by atoms with Gasteiger partial charge in [0.2, 0.25) is 0 Å². The first-order valence-corrected chi connectivity index (χ1v) is 5.03. The van der Waals surface area contributed by atoms with E-state index >= 15 is 0 Å². The second-order valence-electron chi connectivity index (χ2n) is 3.43. The van der Waals surface area contributed by atoms with E-state index in [1.807, 2.05) is 0 Å². The zero-order valence-electron chi connectivity index (χ0n) is 8.64. The van der Waals surface area contributed by atoms with Gasteiger partial charge in [-0.3, -0.25) is 4.79 Å². The maximum Gasteiger partial charge on any atom is 0.266 e. The number of rotatable bonds is 3. The molecule has 4 heteroatoms. The Morgan fingerprint density at radius 3 is 2.75 bits per heavy atom. The number of aromatic nitrogens is 2. The van der Waals surface area contributed by atoms with Crippen LogP contribution in [0.5, 0.6) is 0 Å². The molecular weight excluding hydrogens is 207 g/mol. The molecule has 1 aromatic carbocycles. The van der Waals surface area contributed by atoms with E-state index in [1.54, 1.807) is 30.5 Å². The molecule has 0 saturated heterocycles. The summed E-state index contributed by atoms with van der Waals surface area (Å²) >= 11 is 0. The molecule has 0 spiro atoms. The summed E-state index contributed by atoms with van der Waals surface area (Å²) in [5, 5.41) is 3.90. The largest absolute Gasteiger partial charge is 0.268 e. The van der Waals surface area contributed by atoms with Crippen molar-refractivity contribution in [2.24, 2.45) is 0 Å². The Labute approximate surface area is 92.2 Å². The highest BCUT2D eigenvalue weighted by Gasteiger charge is 2.01. The minimum atomic E-state index is -0.244. The van der Waals surface area contributed by atoms with Gasteiger partial charge >= 0.3 is 0 Å². The molecule has 0 amide bonds. The number of hydrogen-bond donors (Lipinski definition) is 0. The molecule has 0 saturated carbocycles. The second-order valence-corrected chi connectivity index (χ2v) is 3.43. The van der Waals surface area contributed by atoms with Crippen LogP contribution in [0, 0.1) is 5.82 Å². The summed E-state index contributed by atoms with van der Waals surface area (Å²) in [4.78, 5) is 11.3. The van der Waals surface area contributed by atoms with Crippen molar-refractivity contribution in [3.8, 4) is 0 Å². The van der Waals surface area contributed by atoms with Crippen molar-refractivity contribution in [1.29, 1.82) is 0 Å². The Hall–Kier alpha value is -1.97. The maximum absolute atomic E-state index is 13.3. The third kappa shape index (κ3) is 2.34. The van der Waals surface area contributed by atoms with Crippen molar-refractivity contribution >= 4 is 0 Å². The lowest BCUT2D eigenvalue weighted by molar-refractivity contribution is 0.553. The number of hydrogen-bond acceptors (Lipinski definition) is 2. The van der Waals surface area contributed by atoms with Gasteiger partial charge in [-0.15, -0.1) is 0 Å². The molecule has 1 aromatic heterocycles. The third-order valence-electron chi connectivity index (χ3n) is 2.34. The summed E-state index contributed by atoms with van der Waals surface area (Å²) in [6.07, 6.45) is 2.01. The lowest BCUT2D eigenvalue weighted by atomic mass is 10.1. The number of benzene rings is 1. The van der Waals surface area contributed by atoms with E-state index in [0.717, 1.165) is 0 Å². The van der Waals surface area contributed by atoms with Gasteiger partial charge < -0.3 is 0 Å². The van der Waals surface area contributed by atoms with Crippen molar-refractivity contribution in [2.45, 2.75) is 13.0 Å². The van der Waals surface area contributed by atoms with Crippen LogP contribution in [-0.2, 0) is 13.0 Å². The summed E-state index contributed by atoms with van der Waals surface area (Å²) in [5.74, 6) is -0.244. The molecule has 0 fully saturated rings. The molecule has 16 heavy (non-hydrogen) atoms. The van der Waals surface area contributed by atoms with Gasteiger partial charge in [0.25, 0.3) is 5.56 Å². The van der Waals surface area contributed by atoms with Gasteiger partial charge in [-0.25, -0.2) is 9.07 Å². The van der Waals surface area contributed by atoms with Crippen molar-refractivity contribution in [1.82, 2.24) is 9.78 Å². The molecule has 0 radical (unpaired) electrons. The van der Waals surface area contributed by atoms with E-state index in [9.17, 15) is 9.18 Å². The zero-order chi connectivity index (χ0) is 11.4. The van der Waals surface area contributed by atoms with E-state index in [1.165, 1.54) is 16.8 Å². The highest BCUT2D eigenvalue weighted by atomic mass is 19.1. The minimum absolute atomic E-state index is 0.168. The molecule has 1 heterocycles. The molecule has 0 aliphatic carbocycles. The van der Waals surface area contributed by atoms with Crippen LogP contribution >= 0.6 is 0 Å². The molecule has 2 rings (SSSR count). The summed E-state index contributed by atoms with van der Waals surface area (Å²) in [5.41, 5.74) is 0.430. The van der Waals surface area contributed by atoms with Gasteiger partial charge in [0, 0.05) is 18.8 Å². The molecule has 0 aliphatic heterocycles. The smallest absolute Gasteiger partial charge is 0.266 e. The molecule has 0 bridgehead atoms. The third-order valence-corrected chi connectivity index (χ3v) is 2.34. The van der Waals surface area contributed by atoms with Gasteiger partial charge in [-0.2, -0.15) is 5.10 Å². The van der Waals surface area contributed by atoms with Crippen LogP contribution < -0.4 is 5.56 Å². The summed E-state index contributed by atoms with van der Waals surface area (Å²) < 4.78 is 14.6. The fourth-order valence-electron chi connectivity index (χ4n) is 1.48. The fraction of sp³-hybridized carbons (Fsp3) is 0.167. The minimum Gasteiger partial charge on any atom is -0.268 e. The summed E-state index contributed by atoms with van der Waals surface area (Å²) in [7, 11) is 0. The quantitative estimate of drug-likeness (QED) is 0.784. The van der Waals surface area contributed by atoms with E-state index in [2.05, 4.69) is 5.10 Å². The maximum atomic E-state index is 13.3. The number of aryl methyl sites for hydroxylation is 2. The van der Waals surface area contributed by atoms with E-state index in [0.29, 0.717) is 18.5 Å². The zero-order valence-corrected chi connectivity index (χ0v) is 8.64. The fourth-order valence-corrected chi connectivity index (χ4v) is 1.48. The monoisotopic (exact) mass is 218 g/mol. The second kappa shape index (κ2) is 4.70. The molecule has 0 aliphatic rings. The van der Waals surface area contributed by atoms with Gasteiger partial charge in [0.05, 0.1) is 0 Å². The normalized spacial score (nSPS) is 10.3. The van der Waals surface area contributed by atoms with Crippen LogP contribution in [0.1, 0.15) is 5.56 Å². The molecule has 0 unspecified atom stereocenters. The van der Waals surface area contributed by atoms with Crippen LogP contribution in [0.2, 0.25) is 0 Å². The molecule has 0 atom stereocenters. The summed E-state index contributed by atoms with van der Waals surface area (Å²) in [6.45, 7) is 0.389. The Morgan fingerprint density at radius 2 is 2.00 bits per heavy atom. The first kappa shape index (κ1) is 10.5. The highest BCUT2D eigenvalue weighted by molar-refractivity contribution is 5.17. The Morgan fingerprint density at radius 1 is 1.19 bits per heavy atom. The van der Waals surface area contributed by atoms with Crippen molar-refractivity contribution < 1.29 is 4.39 Å². The van der Waals surface area contributed by atoms with Crippen LogP contribution in [0.25, 0.3) is 0 Å². The first-order chi connectivity index (χ1) is 7.77. The SMILES string of the molecule is O=c1cccnn1CCc1ccccc1F. The number of nitrogens with zero attached hydrogens (tertiary/aromatic N) is 2. The predicted octanol–water partition coefficient (Wildman–Crippen LogP) is 1.63. The van der Waals surface area contributed by atoms with E-state index in [-0.39, 0.29) is 11.4 Å². The Kier molecular flexibility index (Phi) is 3.10. The lowest BCUT2D eigenvalue weighted by Gasteiger charge is -2.04. The standard InChI is InChI=1S/C12H11FN2O/c13-11-5-2-1-4-10(11)7-9-15-12(16)6-3-8-14-15/h1-6,8H,7,9H2.